The minimum atomic E-state index is -0.239. The Kier molecular flexibility index (Phi) is 6.16. The van der Waals surface area contributed by atoms with Gasteiger partial charge in [-0.15, -0.1) is 0 Å². The van der Waals surface area contributed by atoms with Gasteiger partial charge in [-0.3, -0.25) is 4.79 Å². The zero-order valence-electron chi connectivity index (χ0n) is 13.4. The number of nitrogens with one attached hydrogen (secondary N) is 1. The molecule has 2 rings (SSSR count). The van der Waals surface area contributed by atoms with E-state index in [-0.39, 0.29) is 17.3 Å². The second kappa shape index (κ2) is 8.33. The molecule has 0 bridgehead atoms. The van der Waals surface area contributed by atoms with Gasteiger partial charge in [0.25, 0.3) is 5.91 Å². The molecule has 122 valence electrons. The maximum atomic E-state index is 13.5. The number of piperidine rings is 1. The highest BCUT2D eigenvalue weighted by molar-refractivity contribution is 5.97. The van der Waals surface area contributed by atoms with E-state index in [1.54, 1.807) is 23.1 Å². The summed E-state index contributed by atoms with van der Waals surface area (Å²) in [7, 11) is 0. The van der Waals surface area contributed by atoms with Crippen molar-refractivity contribution in [2.45, 2.75) is 26.2 Å². The Morgan fingerprint density at radius 1 is 1.43 bits per heavy atom. The molecule has 1 amide bonds. The van der Waals surface area contributed by atoms with Gasteiger partial charge >= 0.3 is 0 Å². The topological polar surface area (TPSA) is 56.1 Å². The van der Waals surface area contributed by atoms with Crippen LogP contribution < -0.4 is 5.32 Å². The first-order valence-corrected chi connectivity index (χ1v) is 7.98. The summed E-state index contributed by atoms with van der Waals surface area (Å²) in [5, 5.41) is 12.1. The number of halogens is 1. The van der Waals surface area contributed by atoms with Crippen LogP contribution in [0.5, 0.6) is 0 Å². The summed E-state index contributed by atoms with van der Waals surface area (Å²) < 4.78 is 13.5. The smallest absolute Gasteiger partial charge is 0.265 e. The molecule has 0 aromatic heterocycles. The Balaban J connectivity index is 1.85. The molecule has 1 fully saturated rings. The molecule has 1 aliphatic rings. The van der Waals surface area contributed by atoms with Crippen LogP contribution >= 0.6 is 0 Å². The van der Waals surface area contributed by atoms with Crippen molar-refractivity contribution in [1.29, 1.82) is 5.26 Å². The molecule has 0 radical (unpaired) electrons. The number of carbonyl (C=O) groups excluding carboxylic acids is 1. The van der Waals surface area contributed by atoms with E-state index in [1.165, 1.54) is 12.3 Å². The van der Waals surface area contributed by atoms with Gasteiger partial charge in [-0.25, -0.2) is 4.39 Å². The molecular weight excluding hydrogens is 293 g/mol. The lowest BCUT2D eigenvalue weighted by Crippen LogP contribution is -2.38. The third kappa shape index (κ3) is 4.82. The molecule has 0 spiro atoms. The maximum Gasteiger partial charge on any atom is 0.265 e. The molecular formula is C18H22FN3O. The Morgan fingerprint density at radius 3 is 2.78 bits per heavy atom. The van der Waals surface area contributed by atoms with Gasteiger partial charge in [-0.2, -0.15) is 5.26 Å². The van der Waals surface area contributed by atoms with E-state index in [1.807, 2.05) is 6.07 Å². The summed E-state index contributed by atoms with van der Waals surface area (Å²) in [4.78, 5) is 14.0. The van der Waals surface area contributed by atoms with Gasteiger partial charge in [-0.1, -0.05) is 25.1 Å². The van der Waals surface area contributed by atoms with Crippen molar-refractivity contribution in [1.82, 2.24) is 10.2 Å². The van der Waals surface area contributed by atoms with Crippen molar-refractivity contribution < 1.29 is 9.18 Å². The monoisotopic (exact) mass is 315 g/mol. The van der Waals surface area contributed by atoms with Crippen molar-refractivity contribution in [3.63, 3.8) is 0 Å². The van der Waals surface area contributed by atoms with E-state index in [0.717, 1.165) is 12.8 Å². The van der Waals surface area contributed by atoms with E-state index < -0.39 is 0 Å². The summed E-state index contributed by atoms with van der Waals surface area (Å²) in [5.41, 5.74) is 0.719. The van der Waals surface area contributed by atoms with Crippen LogP contribution in [0.1, 0.15) is 25.3 Å². The fourth-order valence-corrected chi connectivity index (χ4v) is 2.61. The summed E-state index contributed by atoms with van der Waals surface area (Å²) in [5.74, 6) is 0.169. The number of rotatable bonds is 5. The van der Waals surface area contributed by atoms with Gasteiger partial charge < -0.3 is 10.2 Å². The number of benzene rings is 1. The van der Waals surface area contributed by atoms with E-state index in [2.05, 4.69) is 12.2 Å². The number of hydrogen-bond acceptors (Lipinski definition) is 3. The molecule has 0 atom stereocenters. The van der Waals surface area contributed by atoms with Crippen LogP contribution in [0.3, 0.4) is 0 Å². The highest BCUT2D eigenvalue weighted by Gasteiger charge is 2.22. The summed E-state index contributed by atoms with van der Waals surface area (Å²) >= 11 is 0. The molecule has 1 aromatic carbocycles. The lowest BCUT2D eigenvalue weighted by Gasteiger charge is -2.30. The molecule has 0 saturated carbocycles. The molecule has 0 aliphatic carbocycles. The molecule has 4 nitrogen and oxygen atoms in total. The molecule has 23 heavy (non-hydrogen) atoms. The molecule has 1 heterocycles. The van der Waals surface area contributed by atoms with Crippen LogP contribution in [0, 0.1) is 23.1 Å². The second-order valence-corrected chi connectivity index (χ2v) is 5.94. The van der Waals surface area contributed by atoms with Gasteiger partial charge in [0.1, 0.15) is 17.5 Å². The fourth-order valence-electron chi connectivity index (χ4n) is 2.61. The lowest BCUT2D eigenvalue weighted by molar-refractivity contribution is -0.128. The number of nitriles is 1. The molecule has 1 N–H and O–H groups in total. The summed E-state index contributed by atoms with van der Waals surface area (Å²) in [6, 6.07) is 8.54. The Labute approximate surface area is 136 Å². The van der Waals surface area contributed by atoms with Crippen LogP contribution in [-0.2, 0) is 11.2 Å². The fraction of sp³-hybridized carbons (Fsp3) is 0.444. The first-order chi connectivity index (χ1) is 11.1. The van der Waals surface area contributed by atoms with Gasteiger partial charge in [0.15, 0.2) is 0 Å². The van der Waals surface area contributed by atoms with Crippen molar-refractivity contribution >= 4 is 5.91 Å². The van der Waals surface area contributed by atoms with Gasteiger partial charge in [0.2, 0.25) is 0 Å². The number of amides is 1. The molecule has 5 heteroatoms. The van der Waals surface area contributed by atoms with E-state index >= 15 is 0 Å². The Morgan fingerprint density at radius 2 is 2.13 bits per heavy atom. The zero-order chi connectivity index (χ0) is 16.7. The van der Waals surface area contributed by atoms with Crippen molar-refractivity contribution in [2.24, 2.45) is 5.92 Å². The summed E-state index contributed by atoms with van der Waals surface area (Å²) in [6.07, 6.45) is 3.90. The van der Waals surface area contributed by atoms with Crippen molar-refractivity contribution in [2.75, 3.05) is 19.6 Å². The first-order valence-electron chi connectivity index (χ1n) is 7.98. The van der Waals surface area contributed by atoms with Crippen LogP contribution in [-0.4, -0.2) is 30.4 Å². The largest absolute Gasteiger partial charge is 0.389 e. The van der Waals surface area contributed by atoms with Crippen LogP contribution in [0.15, 0.2) is 36.0 Å². The third-order valence-electron chi connectivity index (χ3n) is 4.16. The number of nitrogens with zero attached hydrogens (tertiary/aromatic N) is 2. The van der Waals surface area contributed by atoms with E-state index in [4.69, 9.17) is 0 Å². The average molecular weight is 315 g/mol. The third-order valence-corrected chi connectivity index (χ3v) is 4.16. The quantitative estimate of drug-likeness (QED) is 0.516. The van der Waals surface area contributed by atoms with Crippen molar-refractivity contribution in [3.8, 4) is 6.07 Å². The molecule has 1 saturated heterocycles. The maximum absolute atomic E-state index is 13.5. The standard InChI is InChI=1S/C18H22FN3O/c1-14-7-10-22(11-8-14)18(23)16(12-20)13-21-9-6-15-4-2-3-5-17(15)19/h2-5,13-14,21H,6-11H2,1H3/b16-13-. The number of carbonyl (C=O) groups is 1. The SMILES string of the molecule is CC1CCN(C(=O)/C(C#N)=C\NCCc2ccccc2F)CC1. The number of hydrogen-bond donors (Lipinski definition) is 1. The zero-order valence-corrected chi connectivity index (χ0v) is 13.4. The van der Waals surface area contributed by atoms with Gasteiger partial charge in [0, 0.05) is 25.8 Å². The number of likely N-dealkylation sites (tertiary alicyclic amines) is 1. The van der Waals surface area contributed by atoms with Crippen LogP contribution in [0.25, 0.3) is 0 Å². The van der Waals surface area contributed by atoms with Crippen LogP contribution in [0.2, 0.25) is 0 Å². The highest BCUT2D eigenvalue weighted by atomic mass is 19.1. The minimum absolute atomic E-state index is 0.105. The first kappa shape index (κ1) is 17.0. The van der Waals surface area contributed by atoms with Crippen LogP contribution in [0.4, 0.5) is 4.39 Å². The van der Waals surface area contributed by atoms with Gasteiger partial charge in [0.05, 0.1) is 0 Å². The van der Waals surface area contributed by atoms with E-state index in [0.29, 0.717) is 37.5 Å². The Bertz CT molecular complexity index is 613. The lowest BCUT2D eigenvalue weighted by atomic mass is 9.99. The predicted octanol–water partition coefficient (Wildman–Crippen LogP) is 2.62. The Hall–Kier alpha value is -2.35. The summed E-state index contributed by atoms with van der Waals surface area (Å²) in [6.45, 7) is 4.05. The molecule has 1 aliphatic heterocycles. The normalized spacial score (nSPS) is 16.0. The highest BCUT2D eigenvalue weighted by Crippen LogP contribution is 2.17. The average Bonchev–Trinajstić information content (AvgIpc) is 2.56. The molecule has 1 aromatic rings. The van der Waals surface area contributed by atoms with Crippen molar-refractivity contribution in [3.05, 3.63) is 47.4 Å². The minimum Gasteiger partial charge on any atom is -0.389 e. The predicted molar refractivity (Wildman–Crippen MR) is 86.8 cm³/mol. The van der Waals surface area contributed by atoms with Gasteiger partial charge in [-0.05, 0) is 36.8 Å². The molecule has 0 unspecified atom stereocenters. The van der Waals surface area contributed by atoms with E-state index in [9.17, 15) is 14.4 Å². The second-order valence-electron chi connectivity index (χ2n) is 5.94.